The number of carbonyl (C=O) groups is 1. The van der Waals surface area contributed by atoms with Crippen LogP contribution in [-0.2, 0) is 9.53 Å². The van der Waals surface area contributed by atoms with Crippen LogP contribution in [0.3, 0.4) is 0 Å². The first-order valence-corrected chi connectivity index (χ1v) is 5.27. The Morgan fingerprint density at radius 2 is 1.79 bits per heavy atom. The zero-order valence-electron chi connectivity index (χ0n) is 10.3. The fourth-order valence-electron chi connectivity index (χ4n) is 1.37. The highest BCUT2D eigenvalue weighted by Crippen LogP contribution is 2.24. The van der Waals surface area contributed by atoms with Crippen LogP contribution in [0.25, 0.3) is 0 Å². The van der Waals surface area contributed by atoms with Gasteiger partial charge in [0.05, 0.1) is 12.5 Å². The summed E-state index contributed by atoms with van der Waals surface area (Å²) in [4.78, 5) is 11.2. The third-order valence-electron chi connectivity index (χ3n) is 1.84. The third-order valence-corrected chi connectivity index (χ3v) is 1.84. The van der Waals surface area contributed by atoms with E-state index in [0.29, 0.717) is 12.5 Å². The van der Waals surface area contributed by atoms with Crippen molar-refractivity contribution in [3.8, 4) is 0 Å². The average Bonchev–Trinajstić information content (AvgIpc) is 1.97. The van der Waals surface area contributed by atoms with Gasteiger partial charge in [-0.1, -0.05) is 41.5 Å². The van der Waals surface area contributed by atoms with E-state index in [2.05, 4.69) is 34.1 Å². The molecule has 0 amide bonds. The van der Waals surface area contributed by atoms with Crippen molar-refractivity contribution < 1.29 is 9.53 Å². The molecule has 1 radical (unpaired) electrons. The zero-order chi connectivity index (χ0) is 11.4. The fraction of sp³-hybridized carbons (Fsp3) is 0.833. The van der Waals surface area contributed by atoms with Crippen molar-refractivity contribution in [1.29, 1.82) is 0 Å². The van der Waals surface area contributed by atoms with Crippen molar-refractivity contribution >= 4 is 5.97 Å². The molecule has 14 heavy (non-hydrogen) atoms. The minimum atomic E-state index is -0.116. The monoisotopic (exact) mass is 199 g/mol. The zero-order valence-corrected chi connectivity index (χ0v) is 10.3. The molecular weight excluding hydrogens is 176 g/mol. The molecule has 0 aromatic carbocycles. The molecule has 2 nitrogen and oxygen atoms in total. The third kappa shape index (κ3) is 6.01. The van der Waals surface area contributed by atoms with Gasteiger partial charge in [0.25, 0.3) is 0 Å². The van der Waals surface area contributed by atoms with Crippen molar-refractivity contribution in [1.82, 2.24) is 0 Å². The Morgan fingerprint density at radius 1 is 1.29 bits per heavy atom. The average molecular weight is 199 g/mol. The number of esters is 1. The van der Waals surface area contributed by atoms with E-state index in [4.69, 9.17) is 4.74 Å². The molecule has 0 heterocycles. The Labute approximate surface area is 88.0 Å². The van der Waals surface area contributed by atoms with Gasteiger partial charge >= 0.3 is 5.97 Å². The quantitative estimate of drug-likeness (QED) is 0.636. The van der Waals surface area contributed by atoms with Gasteiger partial charge in [0, 0.05) is 5.41 Å². The van der Waals surface area contributed by atoms with E-state index in [9.17, 15) is 4.79 Å². The van der Waals surface area contributed by atoms with Crippen LogP contribution in [0.2, 0.25) is 0 Å². The summed E-state index contributed by atoms with van der Waals surface area (Å²) in [7, 11) is 0. The molecule has 0 unspecified atom stereocenters. The minimum Gasteiger partial charge on any atom is -0.465 e. The Kier molecular flexibility index (Phi) is 5.17. The molecule has 0 aliphatic rings. The van der Waals surface area contributed by atoms with E-state index in [0.717, 1.165) is 0 Å². The van der Waals surface area contributed by atoms with Gasteiger partial charge in [0.15, 0.2) is 0 Å². The number of rotatable bonds is 5. The van der Waals surface area contributed by atoms with Crippen molar-refractivity contribution in [2.24, 2.45) is 17.3 Å². The Balaban J connectivity index is 3.92. The summed E-state index contributed by atoms with van der Waals surface area (Å²) in [5.41, 5.74) is -0.0291. The standard InChI is InChI=1S/C12H23O2/c1-9(2)7-12(5,6)8-14-11(13)10(3)4/h7,9-10H,8H2,1-6H3. The molecule has 0 spiro atoms. The second-order valence-corrected chi connectivity index (χ2v) is 5.16. The van der Waals surface area contributed by atoms with Gasteiger partial charge in [0.2, 0.25) is 0 Å². The Bertz CT molecular complexity index is 181. The molecule has 0 aromatic rings. The van der Waals surface area contributed by atoms with Gasteiger partial charge in [0.1, 0.15) is 0 Å². The largest absolute Gasteiger partial charge is 0.465 e. The molecule has 0 aliphatic carbocycles. The van der Waals surface area contributed by atoms with Crippen molar-refractivity contribution in [2.75, 3.05) is 6.61 Å². The van der Waals surface area contributed by atoms with Gasteiger partial charge in [-0.2, -0.15) is 0 Å². The van der Waals surface area contributed by atoms with E-state index < -0.39 is 0 Å². The van der Waals surface area contributed by atoms with Crippen molar-refractivity contribution in [3.05, 3.63) is 6.42 Å². The number of ether oxygens (including phenoxy) is 1. The lowest BCUT2D eigenvalue weighted by Crippen LogP contribution is -2.25. The van der Waals surface area contributed by atoms with Crippen LogP contribution < -0.4 is 0 Å². The summed E-state index contributed by atoms with van der Waals surface area (Å²) in [6, 6.07) is 0. The first-order valence-electron chi connectivity index (χ1n) is 5.27. The van der Waals surface area contributed by atoms with Crippen LogP contribution >= 0.6 is 0 Å². The molecule has 0 aliphatic heterocycles. The van der Waals surface area contributed by atoms with Crippen molar-refractivity contribution in [3.63, 3.8) is 0 Å². The highest BCUT2D eigenvalue weighted by molar-refractivity contribution is 5.71. The van der Waals surface area contributed by atoms with Crippen LogP contribution in [0, 0.1) is 23.7 Å². The molecule has 83 valence electrons. The maximum absolute atomic E-state index is 11.2. The van der Waals surface area contributed by atoms with Crippen molar-refractivity contribution in [2.45, 2.75) is 41.5 Å². The second-order valence-electron chi connectivity index (χ2n) is 5.16. The van der Waals surface area contributed by atoms with Gasteiger partial charge in [-0.3, -0.25) is 4.79 Å². The van der Waals surface area contributed by atoms with Gasteiger partial charge in [-0.05, 0) is 12.3 Å². The van der Waals surface area contributed by atoms with Crippen LogP contribution in [0.15, 0.2) is 0 Å². The fourth-order valence-corrected chi connectivity index (χ4v) is 1.37. The predicted octanol–water partition coefficient (Wildman–Crippen LogP) is 3.07. The Morgan fingerprint density at radius 3 is 2.14 bits per heavy atom. The number of hydrogen-bond acceptors (Lipinski definition) is 2. The first kappa shape index (κ1) is 13.5. The SMILES string of the molecule is CC(C)[CH]C(C)(C)COC(=O)C(C)C. The molecule has 0 aromatic heterocycles. The lowest BCUT2D eigenvalue weighted by atomic mass is 9.85. The summed E-state index contributed by atoms with van der Waals surface area (Å²) in [6.07, 6.45) is 2.21. The summed E-state index contributed by atoms with van der Waals surface area (Å²) < 4.78 is 5.20. The summed E-state index contributed by atoms with van der Waals surface area (Å²) in [6.45, 7) is 12.6. The molecule has 0 rings (SSSR count). The van der Waals surface area contributed by atoms with Gasteiger partial charge in [-0.25, -0.2) is 0 Å². The Hall–Kier alpha value is -0.530. The molecule has 0 N–H and O–H groups in total. The smallest absolute Gasteiger partial charge is 0.308 e. The highest BCUT2D eigenvalue weighted by Gasteiger charge is 2.22. The second kappa shape index (κ2) is 5.38. The minimum absolute atomic E-state index is 0.0291. The van der Waals surface area contributed by atoms with Crippen LogP contribution in [0.4, 0.5) is 0 Å². The van der Waals surface area contributed by atoms with Gasteiger partial charge in [-0.15, -0.1) is 0 Å². The topological polar surface area (TPSA) is 26.3 Å². The number of hydrogen-bond donors (Lipinski definition) is 0. The summed E-state index contributed by atoms with van der Waals surface area (Å²) in [5.74, 6) is 0.364. The normalized spacial score (nSPS) is 12.3. The van der Waals surface area contributed by atoms with Crippen LogP contribution in [0.1, 0.15) is 41.5 Å². The summed E-state index contributed by atoms with van der Waals surface area (Å²) >= 11 is 0. The van der Waals surface area contributed by atoms with E-state index in [-0.39, 0.29) is 17.3 Å². The van der Waals surface area contributed by atoms with E-state index >= 15 is 0 Å². The van der Waals surface area contributed by atoms with E-state index in [1.807, 2.05) is 13.8 Å². The molecule has 0 atom stereocenters. The highest BCUT2D eigenvalue weighted by atomic mass is 16.5. The maximum Gasteiger partial charge on any atom is 0.308 e. The molecule has 0 bridgehead atoms. The van der Waals surface area contributed by atoms with E-state index in [1.54, 1.807) is 0 Å². The first-order chi connectivity index (χ1) is 6.24. The van der Waals surface area contributed by atoms with Crippen LogP contribution in [0.5, 0.6) is 0 Å². The molecule has 0 fully saturated rings. The molecule has 0 saturated carbocycles. The molecular formula is C12H23O2. The van der Waals surface area contributed by atoms with E-state index in [1.165, 1.54) is 0 Å². The van der Waals surface area contributed by atoms with Gasteiger partial charge < -0.3 is 4.74 Å². The number of carbonyl (C=O) groups excluding carboxylic acids is 1. The lowest BCUT2D eigenvalue weighted by Gasteiger charge is -2.26. The van der Waals surface area contributed by atoms with Crippen LogP contribution in [-0.4, -0.2) is 12.6 Å². The molecule has 2 heteroatoms. The predicted molar refractivity (Wildman–Crippen MR) is 58.7 cm³/mol. The molecule has 0 saturated heterocycles. The maximum atomic E-state index is 11.2. The lowest BCUT2D eigenvalue weighted by molar-refractivity contribution is -0.149. The summed E-state index contributed by atoms with van der Waals surface area (Å²) in [5, 5.41) is 0.